The molecule has 0 aliphatic heterocycles. The van der Waals surface area contributed by atoms with Crippen molar-refractivity contribution in [1.82, 2.24) is 10.4 Å². The first kappa shape index (κ1) is 12.5. The molecule has 0 radical (unpaired) electrons. The zero-order valence-corrected chi connectivity index (χ0v) is 11.1. The third-order valence-electron chi connectivity index (χ3n) is 3.13. The lowest BCUT2D eigenvalue weighted by molar-refractivity contribution is 0.583. The van der Waals surface area contributed by atoms with Crippen LogP contribution in [0.2, 0.25) is 0 Å². The van der Waals surface area contributed by atoms with Crippen LogP contribution in [0.3, 0.4) is 0 Å². The van der Waals surface area contributed by atoms with Gasteiger partial charge < -0.3 is 5.43 Å². The fraction of sp³-hybridized carbons (Fsp3) is 0.667. The average Bonchev–Trinajstić information content (AvgIpc) is 2.62. The third-order valence-corrected chi connectivity index (χ3v) is 3.91. The molecule has 1 fully saturated rings. The van der Waals surface area contributed by atoms with E-state index in [2.05, 4.69) is 10.4 Å². The molecule has 17 heavy (non-hydrogen) atoms. The average molecular weight is 252 g/mol. The molecule has 1 saturated carbocycles. The van der Waals surface area contributed by atoms with Crippen molar-refractivity contribution < 1.29 is 0 Å². The molecule has 0 amide bonds. The highest BCUT2D eigenvalue weighted by Gasteiger charge is 2.13. The number of hydrogen-bond donors (Lipinski definition) is 2. The van der Waals surface area contributed by atoms with Crippen molar-refractivity contribution in [3.05, 3.63) is 16.1 Å². The number of thiazole rings is 1. The van der Waals surface area contributed by atoms with Crippen LogP contribution in [0.15, 0.2) is 10.4 Å². The van der Waals surface area contributed by atoms with Crippen molar-refractivity contribution >= 4 is 17.2 Å². The second-order valence-corrected chi connectivity index (χ2v) is 5.58. The van der Waals surface area contributed by atoms with Crippen LogP contribution in [0, 0.1) is 6.92 Å². The van der Waals surface area contributed by atoms with Crippen LogP contribution in [0.25, 0.3) is 0 Å². The number of nitrogens with two attached hydrogens (primary N) is 1. The van der Waals surface area contributed by atoms with Gasteiger partial charge in [0.25, 0.3) is 0 Å². The van der Waals surface area contributed by atoms with E-state index in [0.717, 1.165) is 16.5 Å². The number of rotatable bonds is 2. The van der Waals surface area contributed by atoms with Gasteiger partial charge in [-0.15, -0.1) is 11.3 Å². The molecule has 0 spiro atoms. The number of nitrogens with zero attached hydrogens (tertiary/aromatic N) is 2. The van der Waals surface area contributed by atoms with Crippen LogP contribution in [0.1, 0.15) is 49.2 Å². The molecular weight excluding hydrogens is 232 g/mol. The normalized spacial score (nSPS) is 19.1. The molecule has 0 bridgehead atoms. The van der Waals surface area contributed by atoms with Crippen LogP contribution in [0.4, 0.5) is 0 Å². The maximum atomic E-state index is 5.55. The van der Waals surface area contributed by atoms with E-state index in [-0.39, 0.29) is 0 Å². The molecule has 94 valence electrons. The molecular formula is C12H20N4S. The largest absolute Gasteiger partial charge is 0.307 e. The van der Waals surface area contributed by atoms with Gasteiger partial charge in [-0.05, 0) is 19.8 Å². The SMILES string of the molecule is Cc1nc(C(=NC2CCCCCC2)NN)cs1. The summed E-state index contributed by atoms with van der Waals surface area (Å²) < 4.78 is 0. The monoisotopic (exact) mass is 252 g/mol. The standard InChI is InChI=1S/C12H20N4S/c1-9-14-11(8-17-9)12(16-13)15-10-6-4-2-3-5-7-10/h8,10H,2-7,13H2,1H3,(H,15,16). The Labute approximate surface area is 106 Å². The lowest BCUT2D eigenvalue weighted by atomic mass is 10.1. The number of hydrazine groups is 1. The minimum absolute atomic E-state index is 0.408. The van der Waals surface area contributed by atoms with E-state index in [4.69, 9.17) is 10.8 Å². The summed E-state index contributed by atoms with van der Waals surface area (Å²) in [5.74, 6) is 6.29. The first-order valence-corrected chi connectivity index (χ1v) is 7.14. The van der Waals surface area contributed by atoms with E-state index >= 15 is 0 Å². The minimum atomic E-state index is 0.408. The second-order valence-electron chi connectivity index (χ2n) is 4.52. The summed E-state index contributed by atoms with van der Waals surface area (Å²) in [5, 5.41) is 3.05. The summed E-state index contributed by atoms with van der Waals surface area (Å²) in [6.45, 7) is 1.99. The zero-order valence-electron chi connectivity index (χ0n) is 10.3. The Morgan fingerprint density at radius 3 is 2.65 bits per heavy atom. The molecule has 2 rings (SSSR count). The van der Waals surface area contributed by atoms with Gasteiger partial charge in [-0.1, -0.05) is 25.7 Å². The van der Waals surface area contributed by atoms with Crippen molar-refractivity contribution in [2.24, 2.45) is 10.8 Å². The molecule has 0 aromatic carbocycles. The summed E-state index contributed by atoms with van der Waals surface area (Å²) in [4.78, 5) is 9.14. The van der Waals surface area contributed by atoms with E-state index in [1.54, 1.807) is 11.3 Å². The van der Waals surface area contributed by atoms with Gasteiger partial charge in [0.2, 0.25) is 0 Å². The van der Waals surface area contributed by atoms with Crippen molar-refractivity contribution in [1.29, 1.82) is 0 Å². The summed E-state index contributed by atoms with van der Waals surface area (Å²) in [5.41, 5.74) is 3.57. The van der Waals surface area contributed by atoms with Crippen molar-refractivity contribution in [2.45, 2.75) is 51.5 Å². The van der Waals surface area contributed by atoms with Gasteiger partial charge in [0, 0.05) is 5.38 Å². The summed E-state index contributed by atoms with van der Waals surface area (Å²) in [6, 6.07) is 0.408. The summed E-state index contributed by atoms with van der Waals surface area (Å²) >= 11 is 1.63. The molecule has 1 aromatic heterocycles. The van der Waals surface area contributed by atoms with E-state index in [9.17, 15) is 0 Å². The number of amidine groups is 1. The highest BCUT2D eigenvalue weighted by Crippen LogP contribution is 2.20. The minimum Gasteiger partial charge on any atom is -0.307 e. The van der Waals surface area contributed by atoms with Crippen molar-refractivity contribution in [2.75, 3.05) is 0 Å². The summed E-state index contributed by atoms with van der Waals surface area (Å²) in [7, 11) is 0. The number of nitrogens with one attached hydrogen (secondary N) is 1. The molecule has 0 atom stereocenters. The van der Waals surface area contributed by atoms with E-state index < -0.39 is 0 Å². The smallest absolute Gasteiger partial charge is 0.162 e. The molecule has 3 N–H and O–H groups in total. The Bertz CT molecular complexity index is 378. The molecule has 1 aromatic rings. The highest BCUT2D eigenvalue weighted by atomic mass is 32.1. The number of aromatic nitrogens is 1. The van der Waals surface area contributed by atoms with Crippen LogP contribution in [0.5, 0.6) is 0 Å². The van der Waals surface area contributed by atoms with Crippen LogP contribution in [-0.2, 0) is 0 Å². The van der Waals surface area contributed by atoms with Gasteiger partial charge in [-0.3, -0.25) is 4.99 Å². The first-order chi connectivity index (χ1) is 8.29. The van der Waals surface area contributed by atoms with Crippen LogP contribution < -0.4 is 11.3 Å². The molecule has 4 nitrogen and oxygen atoms in total. The molecule has 0 unspecified atom stereocenters. The van der Waals surface area contributed by atoms with E-state index in [0.29, 0.717) is 6.04 Å². The van der Waals surface area contributed by atoms with Gasteiger partial charge in [-0.25, -0.2) is 10.8 Å². The Hall–Kier alpha value is -0.940. The molecule has 0 saturated heterocycles. The maximum absolute atomic E-state index is 5.55. The fourth-order valence-corrected chi connectivity index (χ4v) is 2.82. The van der Waals surface area contributed by atoms with Crippen molar-refractivity contribution in [3.8, 4) is 0 Å². The van der Waals surface area contributed by atoms with Gasteiger partial charge in [0.15, 0.2) is 5.84 Å². The van der Waals surface area contributed by atoms with Crippen molar-refractivity contribution in [3.63, 3.8) is 0 Å². The Morgan fingerprint density at radius 2 is 2.12 bits per heavy atom. The lowest BCUT2D eigenvalue weighted by Crippen LogP contribution is -2.32. The first-order valence-electron chi connectivity index (χ1n) is 6.26. The second kappa shape index (κ2) is 6.12. The van der Waals surface area contributed by atoms with Crippen LogP contribution >= 0.6 is 11.3 Å². The molecule has 1 aliphatic carbocycles. The Balaban J connectivity index is 2.10. The van der Waals surface area contributed by atoms with Gasteiger partial charge in [-0.2, -0.15) is 0 Å². The number of aryl methyl sites for hydroxylation is 1. The predicted molar refractivity (Wildman–Crippen MR) is 72.2 cm³/mol. The lowest BCUT2D eigenvalue weighted by Gasteiger charge is -2.11. The van der Waals surface area contributed by atoms with Gasteiger partial charge >= 0.3 is 0 Å². The molecule has 1 heterocycles. The molecule has 1 aliphatic rings. The predicted octanol–water partition coefficient (Wildman–Crippen LogP) is 2.38. The highest BCUT2D eigenvalue weighted by molar-refractivity contribution is 7.09. The van der Waals surface area contributed by atoms with Gasteiger partial charge in [0.05, 0.1) is 11.0 Å². The zero-order chi connectivity index (χ0) is 12.1. The summed E-state index contributed by atoms with van der Waals surface area (Å²) in [6.07, 6.45) is 7.59. The topological polar surface area (TPSA) is 63.3 Å². The van der Waals surface area contributed by atoms with Gasteiger partial charge in [0.1, 0.15) is 5.69 Å². The van der Waals surface area contributed by atoms with E-state index in [1.165, 1.54) is 38.5 Å². The number of aliphatic imine (C=N–C) groups is 1. The Kier molecular flexibility index (Phi) is 4.50. The van der Waals surface area contributed by atoms with E-state index in [1.807, 2.05) is 12.3 Å². The molecule has 5 heteroatoms. The quantitative estimate of drug-likeness (QED) is 0.279. The Morgan fingerprint density at radius 1 is 1.41 bits per heavy atom. The van der Waals surface area contributed by atoms with Crippen LogP contribution in [-0.4, -0.2) is 16.9 Å². The number of hydrogen-bond acceptors (Lipinski definition) is 4. The fourth-order valence-electron chi connectivity index (χ4n) is 2.22. The third kappa shape index (κ3) is 3.51. The maximum Gasteiger partial charge on any atom is 0.162 e.